The molecule has 0 saturated heterocycles. The van der Waals surface area contributed by atoms with E-state index in [9.17, 15) is 0 Å². The summed E-state index contributed by atoms with van der Waals surface area (Å²) in [5.74, 6) is 0. The van der Waals surface area contributed by atoms with Gasteiger partial charge >= 0.3 is 0 Å². The highest BCUT2D eigenvalue weighted by Gasteiger charge is 2.34. The summed E-state index contributed by atoms with van der Waals surface area (Å²) in [6.07, 6.45) is 7.83. The van der Waals surface area contributed by atoms with Crippen molar-refractivity contribution in [3.8, 4) is 0 Å². The third-order valence-electron chi connectivity index (χ3n) is 5.09. The van der Waals surface area contributed by atoms with Gasteiger partial charge in [0.1, 0.15) is 0 Å². The molecular weight excluding hydrogens is 280 g/mol. The summed E-state index contributed by atoms with van der Waals surface area (Å²) in [6, 6.07) is 8.69. The van der Waals surface area contributed by atoms with Gasteiger partial charge in [0.25, 0.3) is 0 Å². The van der Waals surface area contributed by atoms with E-state index in [-0.39, 0.29) is 0 Å². The quantitative estimate of drug-likeness (QED) is 0.823. The second kappa shape index (κ2) is 7.62. The molecule has 1 saturated carbocycles. The first kappa shape index (κ1) is 16.8. The van der Waals surface area contributed by atoms with Crippen molar-refractivity contribution >= 4 is 11.6 Å². The molecule has 2 rings (SSSR count). The molecule has 1 aliphatic carbocycles. The van der Waals surface area contributed by atoms with Gasteiger partial charge in [-0.1, -0.05) is 49.9 Å². The molecule has 1 aliphatic rings. The first-order valence-corrected chi connectivity index (χ1v) is 8.61. The van der Waals surface area contributed by atoms with Crippen LogP contribution < -0.4 is 5.32 Å². The molecule has 1 aromatic rings. The van der Waals surface area contributed by atoms with Gasteiger partial charge in [0.2, 0.25) is 0 Å². The number of halogens is 1. The molecule has 118 valence electrons. The third-order valence-corrected chi connectivity index (χ3v) is 5.34. The van der Waals surface area contributed by atoms with Gasteiger partial charge in [0, 0.05) is 23.1 Å². The van der Waals surface area contributed by atoms with Crippen LogP contribution >= 0.6 is 11.6 Å². The first-order valence-electron chi connectivity index (χ1n) is 8.24. The van der Waals surface area contributed by atoms with E-state index in [1.54, 1.807) is 0 Å². The molecule has 3 heteroatoms. The molecule has 0 heterocycles. The molecule has 21 heavy (non-hydrogen) atoms. The summed E-state index contributed by atoms with van der Waals surface area (Å²) in [5.41, 5.74) is 1.67. The second-order valence-corrected chi connectivity index (χ2v) is 7.01. The molecule has 1 fully saturated rings. The van der Waals surface area contributed by atoms with Crippen molar-refractivity contribution in [2.45, 2.75) is 57.0 Å². The van der Waals surface area contributed by atoms with Crippen LogP contribution in [-0.4, -0.2) is 31.1 Å². The SMILES string of the molecule is CCC(NCC1(N(C)C)CCCCC1)c1ccc(Cl)cc1. The number of hydrogen-bond acceptors (Lipinski definition) is 2. The van der Waals surface area contributed by atoms with Crippen LogP contribution in [0.5, 0.6) is 0 Å². The topological polar surface area (TPSA) is 15.3 Å². The molecular formula is C18H29ClN2. The van der Waals surface area contributed by atoms with Crippen molar-refractivity contribution in [2.24, 2.45) is 0 Å². The molecule has 0 bridgehead atoms. The number of benzene rings is 1. The van der Waals surface area contributed by atoms with Crippen LogP contribution in [-0.2, 0) is 0 Å². The van der Waals surface area contributed by atoms with Crippen molar-refractivity contribution in [1.29, 1.82) is 0 Å². The summed E-state index contributed by atoms with van der Waals surface area (Å²) in [5, 5.41) is 4.62. The van der Waals surface area contributed by atoms with Crippen molar-refractivity contribution < 1.29 is 0 Å². The Hall–Kier alpha value is -0.570. The number of hydrogen-bond donors (Lipinski definition) is 1. The molecule has 1 N–H and O–H groups in total. The predicted octanol–water partition coefficient (Wildman–Crippen LogP) is 4.65. The Kier molecular flexibility index (Phi) is 6.09. The molecule has 1 unspecified atom stereocenters. The number of likely N-dealkylation sites (N-methyl/N-ethyl adjacent to an activating group) is 1. The van der Waals surface area contributed by atoms with E-state index in [0.29, 0.717) is 11.6 Å². The highest BCUT2D eigenvalue weighted by molar-refractivity contribution is 6.30. The molecule has 0 aromatic heterocycles. The average molecular weight is 309 g/mol. The van der Waals surface area contributed by atoms with Gasteiger partial charge in [-0.2, -0.15) is 0 Å². The van der Waals surface area contributed by atoms with E-state index in [1.165, 1.54) is 37.7 Å². The Labute approximate surface area is 134 Å². The Morgan fingerprint density at radius 2 is 1.76 bits per heavy atom. The summed E-state index contributed by atoms with van der Waals surface area (Å²) in [4.78, 5) is 2.44. The maximum absolute atomic E-state index is 5.99. The zero-order valence-corrected chi connectivity index (χ0v) is 14.4. The van der Waals surface area contributed by atoms with Crippen molar-refractivity contribution in [3.63, 3.8) is 0 Å². The zero-order valence-electron chi connectivity index (χ0n) is 13.7. The molecule has 0 amide bonds. The number of rotatable bonds is 6. The highest BCUT2D eigenvalue weighted by atomic mass is 35.5. The van der Waals surface area contributed by atoms with Gasteiger partial charge in [-0.25, -0.2) is 0 Å². The maximum Gasteiger partial charge on any atom is 0.0406 e. The minimum Gasteiger partial charge on any atom is -0.308 e. The van der Waals surface area contributed by atoms with Crippen LogP contribution in [0.15, 0.2) is 24.3 Å². The lowest BCUT2D eigenvalue weighted by molar-refractivity contribution is 0.0949. The van der Waals surface area contributed by atoms with Gasteiger partial charge in [-0.05, 0) is 51.1 Å². The van der Waals surface area contributed by atoms with Gasteiger partial charge in [-0.15, -0.1) is 0 Å². The van der Waals surface area contributed by atoms with Crippen molar-refractivity contribution in [1.82, 2.24) is 10.2 Å². The molecule has 2 nitrogen and oxygen atoms in total. The van der Waals surface area contributed by atoms with Crippen LogP contribution in [0.3, 0.4) is 0 Å². The largest absolute Gasteiger partial charge is 0.308 e. The van der Waals surface area contributed by atoms with Crippen LogP contribution in [0.4, 0.5) is 0 Å². The summed E-state index contributed by atoms with van der Waals surface area (Å²) < 4.78 is 0. The van der Waals surface area contributed by atoms with Crippen molar-refractivity contribution in [2.75, 3.05) is 20.6 Å². The van der Waals surface area contributed by atoms with E-state index >= 15 is 0 Å². The number of nitrogens with one attached hydrogen (secondary N) is 1. The summed E-state index contributed by atoms with van der Waals surface area (Å²) in [7, 11) is 4.46. The lowest BCUT2D eigenvalue weighted by atomic mass is 9.80. The van der Waals surface area contributed by atoms with Crippen LogP contribution in [0.1, 0.15) is 57.1 Å². The average Bonchev–Trinajstić information content (AvgIpc) is 2.50. The third kappa shape index (κ3) is 4.21. The molecule has 0 radical (unpaired) electrons. The molecule has 1 atom stereocenters. The van der Waals surface area contributed by atoms with Crippen molar-refractivity contribution in [3.05, 3.63) is 34.9 Å². The molecule has 0 spiro atoms. The summed E-state index contributed by atoms with van der Waals surface area (Å²) >= 11 is 5.99. The lowest BCUT2D eigenvalue weighted by Crippen LogP contribution is -2.53. The minimum absolute atomic E-state index is 0.331. The van der Waals surface area contributed by atoms with Crippen LogP contribution in [0.2, 0.25) is 5.02 Å². The van der Waals surface area contributed by atoms with E-state index in [1.807, 2.05) is 12.1 Å². The second-order valence-electron chi connectivity index (χ2n) is 6.57. The van der Waals surface area contributed by atoms with E-state index in [0.717, 1.165) is 18.0 Å². The number of nitrogens with zero attached hydrogens (tertiary/aromatic N) is 1. The maximum atomic E-state index is 5.99. The van der Waals surface area contributed by atoms with E-state index in [2.05, 4.69) is 43.4 Å². The van der Waals surface area contributed by atoms with Gasteiger partial charge < -0.3 is 10.2 Å². The van der Waals surface area contributed by atoms with Crippen LogP contribution in [0, 0.1) is 0 Å². The first-order chi connectivity index (χ1) is 10.1. The Morgan fingerprint density at radius 1 is 1.14 bits per heavy atom. The predicted molar refractivity (Wildman–Crippen MR) is 92.0 cm³/mol. The fourth-order valence-electron chi connectivity index (χ4n) is 3.50. The standard InChI is InChI=1S/C18H29ClN2/c1-4-17(15-8-10-16(19)11-9-15)20-14-18(21(2)3)12-6-5-7-13-18/h8-11,17,20H,4-7,12-14H2,1-3H3. The Morgan fingerprint density at radius 3 is 2.29 bits per heavy atom. The fourth-order valence-corrected chi connectivity index (χ4v) is 3.62. The summed E-state index contributed by atoms with van der Waals surface area (Å²) in [6.45, 7) is 3.32. The molecule has 1 aromatic carbocycles. The molecule has 0 aliphatic heterocycles. The highest BCUT2D eigenvalue weighted by Crippen LogP contribution is 2.32. The van der Waals surface area contributed by atoms with Gasteiger partial charge in [-0.3, -0.25) is 0 Å². The van der Waals surface area contributed by atoms with E-state index < -0.39 is 0 Å². The minimum atomic E-state index is 0.331. The van der Waals surface area contributed by atoms with Gasteiger partial charge in [0.05, 0.1) is 0 Å². The Balaban J connectivity index is 2.02. The van der Waals surface area contributed by atoms with Gasteiger partial charge in [0.15, 0.2) is 0 Å². The smallest absolute Gasteiger partial charge is 0.0406 e. The monoisotopic (exact) mass is 308 g/mol. The van der Waals surface area contributed by atoms with E-state index in [4.69, 9.17) is 11.6 Å². The normalized spacial score (nSPS) is 19.7. The fraction of sp³-hybridized carbons (Fsp3) is 0.667. The zero-order chi connectivity index (χ0) is 15.3. The lowest BCUT2D eigenvalue weighted by Gasteiger charge is -2.44. The Bertz CT molecular complexity index is 421. The van der Waals surface area contributed by atoms with Crippen LogP contribution in [0.25, 0.3) is 0 Å².